The summed E-state index contributed by atoms with van der Waals surface area (Å²) in [6.07, 6.45) is 1.75. The van der Waals surface area contributed by atoms with Gasteiger partial charge in [-0.25, -0.2) is 9.48 Å². The highest BCUT2D eigenvalue weighted by Crippen LogP contribution is 2.10. The number of benzene rings is 1. The molecule has 1 aromatic heterocycles. The number of rotatable bonds is 6. The van der Waals surface area contributed by atoms with E-state index in [1.807, 2.05) is 12.1 Å². The second-order valence-electron chi connectivity index (χ2n) is 4.33. The average Bonchev–Trinajstić information content (AvgIpc) is 2.90. The Bertz CT molecular complexity index is 636. The lowest BCUT2D eigenvalue weighted by Crippen LogP contribution is -2.19. The molecule has 1 amide bonds. The van der Waals surface area contributed by atoms with E-state index in [0.29, 0.717) is 12.1 Å². The van der Waals surface area contributed by atoms with Crippen molar-refractivity contribution >= 4 is 17.6 Å². The highest BCUT2D eigenvalue weighted by molar-refractivity contribution is 5.90. The number of carbonyl (C=O) groups excluding carboxylic acids is 1. The van der Waals surface area contributed by atoms with Crippen molar-refractivity contribution in [1.29, 1.82) is 0 Å². The third-order valence-corrected chi connectivity index (χ3v) is 2.70. The van der Waals surface area contributed by atoms with Crippen LogP contribution >= 0.6 is 0 Å². The quantitative estimate of drug-likeness (QED) is 0.697. The summed E-state index contributed by atoms with van der Waals surface area (Å²) in [6, 6.07) is 7.08. The first-order valence-corrected chi connectivity index (χ1v) is 6.21. The molecule has 0 aliphatic carbocycles. The third kappa shape index (κ3) is 4.11. The molecule has 110 valence electrons. The number of carbonyl (C=O) groups is 2. The van der Waals surface area contributed by atoms with Crippen molar-refractivity contribution in [3.05, 3.63) is 41.7 Å². The minimum Gasteiger partial charge on any atom is -0.476 e. The lowest BCUT2D eigenvalue weighted by molar-refractivity contribution is -0.116. The lowest BCUT2D eigenvalue weighted by Gasteiger charge is -2.06. The standard InChI is InChI=1S/C13H14N4O4/c18-6-5-9-1-3-10(4-2-9)14-12(19)8-17-7-11(13(20)21)15-16-17/h1-4,7,18H,5-6,8H2,(H,14,19)(H,20,21). The second-order valence-corrected chi connectivity index (χ2v) is 4.33. The van der Waals surface area contributed by atoms with Gasteiger partial charge in [0.05, 0.1) is 6.20 Å². The molecule has 1 aromatic carbocycles. The SMILES string of the molecule is O=C(Cn1cc(C(=O)O)nn1)Nc1ccc(CCO)cc1. The highest BCUT2D eigenvalue weighted by atomic mass is 16.4. The maximum absolute atomic E-state index is 11.8. The molecule has 1 heterocycles. The number of anilines is 1. The Kier molecular flexibility index (Phi) is 4.62. The van der Waals surface area contributed by atoms with E-state index in [1.54, 1.807) is 12.1 Å². The van der Waals surface area contributed by atoms with Gasteiger partial charge in [0.15, 0.2) is 5.69 Å². The van der Waals surface area contributed by atoms with Crippen molar-refractivity contribution in [2.45, 2.75) is 13.0 Å². The molecule has 0 radical (unpaired) electrons. The first-order valence-electron chi connectivity index (χ1n) is 6.21. The van der Waals surface area contributed by atoms with Crippen LogP contribution in [0, 0.1) is 0 Å². The van der Waals surface area contributed by atoms with E-state index >= 15 is 0 Å². The van der Waals surface area contributed by atoms with Crippen molar-refractivity contribution in [2.24, 2.45) is 0 Å². The Labute approximate surface area is 120 Å². The Morgan fingerprint density at radius 2 is 1.95 bits per heavy atom. The zero-order valence-corrected chi connectivity index (χ0v) is 11.1. The summed E-state index contributed by atoms with van der Waals surface area (Å²) in [4.78, 5) is 22.4. The first-order chi connectivity index (χ1) is 10.1. The van der Waals surface area contributed by atoms with E-state index in [9.17, 15) is 9.59 Å². The van der Waals surface area contributed by atoms with Gasteiger partial charge in [-0.05, 0) is 24.1 Å². The number of aliphatic hydroxyl groups is 1. The third-order valence-electron chi connectivity index (χ3n) is 2.70. The van der Waals surface area contributed by atoms with Crippen LogP contribution in [0.15, 0.2) is 30.5 Å². The normalized spacial score (nSPS) is 10.3. The van der Waals surface area contributed by atoms with Crippen LogP contribution in [-0.4, -0.2) is 43.7 Å². The summed E-state index contributed by atoms with van der Waals surface area (Å²) < 4.78 is 1.15. The van der Waals surface area contributed by atoms with Gasteiger partial charge in [0.1, 0.15) is 6.54 Å². The van der Waals surface area contributed by atoms with Gasteiger partial charge in [0.2, 0.25) is 5.91 Å². The summed E-state index contributed by atoms with van der Waals surface area (Å²) in [5.74, 6) is -1.53. The van der Waals surface area contributed by atoms with Crippen molar-refractivity contribution < 1.29 is 19.8 Å². The Balaban J connectivity index is 1.92. The van der Waals surface area contributed by atoms with Crippen LogP contribution in [0.5, 0.6) is 0 Å². The molecule has 0 aliphatic rings. The van der Waals surface area contributed by atoms with Gasteiger partial charge in [-0.1, -0.05) is 17.3 Å². The molecular weight excluding hydrogens is 276 g/mol. The molecule has 2 rings (SSSR count). The van der Waals surface area contributed by atoms with Crippen LogP contribution in [0.3, 0.4) is 0 Å². The topological polar surface area (TPSA) is 117 Å². The molecule has 0 aliphatic heterocycles. The fourth-order valence-corrected chi connectivity index (χ4v) is 1.71. The predicted octanol–water partition coefficient (Wildman–Crippen LogP) is 0.150. The Hall–Kier alpha value is -2.74. The number of hydrogen-bond acceptors (Lipinski definition) is 5. The molecule has 0 atom stereocenters. The number of carboxylic acid groups (broad SMARTS) is 1. The number of aliphatic hydroxyl groups excluding tert-OH is 1. The van der Waals surface area contributed by atoms with E-state index < -0.39 is 5.97 Å². The van der Waals surface area contributed by atoms with Crippen LogP contribution in [0.2, 0.25) is 0 Å². The number of nitrogens with one attached hydrogen (secondary N) is 1. The predicted molar refractivity (Wildman–Crippen MR) is 72.8 cm³/mol. The number of hydrogen-bond donors (Lipinski definition) is 3. The fraction of sp³-hybridized carbons (Fsp3) is 0.231. The van der Waals surface area contributed by atoms with Crippen LogP contribution in [0.1, 0.15) is 16.1 Å². The fourth-order valence-electron chi connectivity index (χ4n) is 1.71. The van der Waals surface area contributed by atoms with Gasteiger partial charge >= 0.3 is 5.97 Å². The summed E-state index contributed by atoms with van der Waals surface area (Å²) in [5, 5.41) is 27.1. The van der Waals surface area contributed by atoms with E-state index in [2.05, 4.69) is 15.6 Å². The van der Waals surface area contributed by atoms with Gasteiger partial charge in [-0.15, -0.1) is 5.10 Å². The summed E-state index contributed by atoms with van der Waals surface area (Å²) in [5.41, 5.74) is 1.37. The molecule has 8 heteroatoms. The molecule has 0 saturated heterocycles. The van der Waals surface area contributed by atoms with Crippen molar-refractivity contribution in [3.8, 4) is 0 Å². The van der Waals surface area contributed by atoms with Crippen molar-refractivity contribution in [3.63, 3.8) is 0 Å². The number of amides is 1. The van der Waals surface area contributed by atoms with Crippen LogP contribution < -0.4 is 5.32 Å². The second kappa shape index (κ2) is 6.62. The number of carboxylic acids is 1. The molecule has 0 spiro atoms. The summed E-state index contributed by atoms with van der Waals surface area (Å²) in [7, 11) is 0. The number of nitrogens with zero attached hydrogens (tertiary/aromatic N) is 3. The molecule has 0 unspecified atom stereocenters. The minimum atomic E-state index is -1.19. The first kappa shape index (κ1) is 14.7. The van der Waals surface area contributed by atoms with E-state index in [1.165, 1.54) is 6.20 Å². The van der Waals surface area contributed by atoms with Crippen LogP contribution in [0.25, 0.3) is 0 Å². The summed E-state index contributed by atoms with van der Waals surface area (Å²) in [6.45, 7) is -0.0530. The number of aromatic nitrogens is 3. The Morgan fingerprint density at radius 3 is 2.52 bits per heavy atom. The molecule has 0 bridgehead atoms. The zero-order chi connectivity index (χ0) is 15.2. The van der Waals surface area contributed by atoms with Gasteiger partial charge in [0, 0.05) is 12.3 Å². The molecule has 21 heavy (non-hydrogen) atoms. The van der Waals surface area contributed by atoms with Crippen LogP contribution in [0.4, 0.5) is 5.69 Å². The maximum atomic E-state index is 11.8. The van der Waals surface area contributed by atoms with Gasteiger partial charge in [-0.2, -0.15) is 0 Å². The van der Waals surface area contributed by atoms with E-state index in [0.717, 1.165) is 10.2 Å². The summed E-state index contributed by atoms with van der Waals surface area (Å²) >= 11 is 0. The molecular formula is C13H14N4O4. The van der Waals surface area contributed by atoms with Gasteiger partial charge < -0.3 is 15.5 Å². The van der Waals surface area contributed by atoms with E-state index in [-0.39, 0.29) is 24.8 Å². The smallest absolute Gasteiger partial charge is 0.358 e. The average molecular weight is 290 g/mol. The minimum absolute atomic E-state index is 0.0733. The Morgan fingerprint density at radius 1 is 1.24 bits per heavy atom. The van der Waals surface area contributed by atoms with Gasteiger partial charge in [-0.3, -0.25) is 4.79 Å². The van der Waals surface area contributed by atoms with E-state index in [4.69, 9.17) is 10.2 Å². The largest absolute Gasteiger partial charge is 0.476 e. The maximum Gasteiger partial charge on any atom is 0.358 e. The molecule has 2 aromatic rings. The lowest BCUT2D eigenvalue weighted by atomic mass is 10.1. The molecule has 8 nitrogen and oxygen atoms in total. The highest BCUT2D eigenvalue weighted by Gasteiger charge is 2.10. The molecule has 0 saturated carbocycles. The molecule has 3 N–H and O–H groups in total. The zero-order valence-electron chi connectivity index (χ0n) is 11.1. The monoisotopic (exact) mass is 290 g/mol. The van der Waals surface area contributed by atoms with Crippen molar-refractivity contribution in [2.75, 3.05) is 11.9 Å². The van der Waals surface area contributed by atoms with Crippen LogP contribution in [-0.2, 0) is 17.8 Å². The van der Waals surface area contributed by atoms with Gasteiger partial charge in [0.25, 0.3) is 0 Å². The van der Waals surface area contributed by atoms with Crippen molar-refractivity contribution in [1.82, 2.24) is 15.0 Å². The molecule has 0 fully saturated rings. The number of aromatic carboxylic acids is 1.